The van der Waals surface area contributed by atoms with Crippen LogP contribution in [-0.2, 0) is 6.54 Å². The van der Waals surface area contributed by atoms with Gasteiger partial charge >= 0.3 is 0 Å². The van der Waals surface area contributed by atoms with Crippen LogP contribution in [0.3, 0.4) is 0 Å². The predicted octanol–water partition coefficient (Wildman–Crippen LogP) is 3.90. The van der Waals surface area contributed by atoms with E-state index in [0.29, 0.717) is 31.3 Å². The standard InChI is InChI=1S/C22H24F2N4O2/c1-15(21-18(23)4-3-5-19(21)24)28-12-10-27(11-13-28)14-20-25-22(26-30-20)16-6-8-17(29-2)9-7-16/h3-9,15H,10-14H2,1-2H3. The van der Waals surface area contributed by atoms with Crippen LogP contribution in [0.15, 0.2) is 47.0 Å². The molecule has 0 N–H and O–H groups in total. The number of methoxy groups -OCH3 is 1. The van der Waals surface area contributed by atoms with Gasteiger partial charge in [-0.3, -0.25) is 9.80 Å². The van der Waals surface area contributed by atoms with Crippen molar-refractivity contribution in [1.29, 1.82) is 0 Å². The monoisotopic (exact) mass is 414 g/mol. The van der Waals surface area contributed by atoms with Gasteiger partial charge in [-0.25, -0.2) is 8.78 Å². The van der Waals surface area contributed by atoms with Gasteiger partial charge < -0.3 is 9.26 Å². The average Bonchev–Trinajstić information content (AvgIpc) is 3.22. The predicted molar refractivity (Wildman–Crippen MR) is 108 cm³/mol. The second-order valence-corrected chi connectivity index (χ2v) is 7.36. The quantitative estimate of drug-likeness (QED) is 0.610. The van der Waals surface area contributed by atoms with E-state index in [2.05, 4.69) is 19.9 Å². The third-order valence-electron chi connectivity index (χ3n) is 5.55. The number of nitrogens with zero attached hydrogens (tertiary/aromatic N) is 4. The first-order valence-electron chi connectivity index (χ1n) is 9.92. The zero-order valence-corrected chi connectivity index (χ0v) is 17.0. The molecule has 1 fully saturated rings. The lowest BCUT2D eigenvalue weighted by Crippen LogP contribution is -2.46. The molecule has 2 heterocycles. The van der Waals surface area contributed by atoms with Gasteiger partial charge in [-0.1, -0.05) is 11.2 Å². The van der Waals surface area contributed by atoms with Gasteiger partial charge in [0.25, 0.3) is 0 Å². The molecule has 0 aliphatic carbocycles. The highest BCUT2D eigenvalue weighted by Gasteiger charge is 2.26. The Morgan fingerprint density at radius 1 is 1.03 bits per heavy atom. The second-order valence-electron chi connectivity index (χ2n) is 7.36. The molecule has 0 amide bonds. The summed E-state index contributed by atoms with van der Waals surface area (Å²) in [5.74, 6) is 0.853. The highest BCUT2D eigenvalue weighted by Crippen LogP contribution is 2.27. The van der Waals surface area contributed by atoms with E-state index in [1.54, 1.807) is 7.11 Å². The van der Waals surface area contributed by atoms with Gasteiger partial charge in [-0.2, -0.15) is 4.98 Å². The van der Waals surface area contributed by atoms with Gasteiger partial charge in [0.05, 0.1) is 13.7 Å². The Balaban J connectivity index is 1.34. The molecule has 158 valence electrons. The Kier molecular flexibility index (Phi) is 6.06. The summed E-state index contributed by atoms with van der Waals surface area (Å²) in [7, 11) is 1.62. The molecule has 30 heavy (non-hydrogen) atoms. The van der Waals surface area contributed by atoms with Gasteiger partial charge in [-0.05, 0) is 43.3 Å². The smallest absolute Gasteiger partial charge is 0.241 e. The number of benzene rings is 2. The molecule has 1 atom stereocenters. The fourth-order valence-electron chi connectivity index (χ4n) is 3.77. The molecule has 0 bridgehead atoms. The van der Waals surface area contributed by atoms with E-state index in [4.69, 9.17) is 9.26 Å². The first kappa shape index (κ1) is 20.4. The summed E-state index contributed by atoms with van der Waals surface area (Å²) in [5.41, 5.74) is 0.989. The van der Waals surface area contributed by atoms with Crippen LogP contribution in [0.5, 0.6) is 5.75 Å². The average molecular weight is 414 g/mol. The Hall–Kier alpha value is -2.84. The molecule has 1 aliphatic rings. The van der Waals surface area contributed by atoms with Gasteiger partial charge in [-0.15, -0.1) is 0 Å². The molecular weight excluding hydrogens is 390 g/mol. The van der Waals surface area contributed by atoms with Crippen molar-refractivity contribution in [3.8, 4) is 17.1 Å². The molecule has 1 unspecified atom stereocenters. The largest absolute Gasteiger partial charge is 0.497 e. The molecule has 0 radical (unpaired) electrons. The fraction of sp³-hybridized carbons (Fsp3) is 0.364. The summed E-state index contributed by atoms with van der Waals surface area (Å²) < 4.78 is 38.8. The second kappa shape index (κ2) is 8.89. The van der Waals surface area contributed by atoms with Gasteiger partial charge in [0, 0.05) is 43.3 Å². The number of rotatable bonds is 6. The van der Waals surface area contributed by atoms with E-state index in [1.807, 2.05) is 31.2 Å². The van der Waals surface area contributed by atoms with Crippen LogP contribution in [0.1, 0.15) is 24.4 Å². The van der Waals surface area contributed by atoms with Crippen molar-refractivity contribution in [3.63, 3.8) is 0 Å². The summed E-state index contributed by atoms with van der Waals surface area (Å²) in [6.45, 7) is 5.29. The van der Waals surface area contributed by atoms with E-state index < -0.39 is 11.6 Å². The molecule has 1 aliphatic heterocycles. The van der Waals surface area contributed by atoms with Crippen molar-refractivity contribution >= 4 is 0 Å². The Labute approximate surface area is 174 Å². The lowest BCUT2D eigenvalue weighted by molar-refractivity contribution is 0.0880. The first-order chi connectivity index (χ1) is 14.5. The highest BCUT2D eigenvalue weighted by atomic mass is 19.1. The summed E-state index contributed by atoms with van der Waals surface area (Å²) in [5, 5.41) is 4.06. The molecule has 2 aromatic carbocycles. The number of piperazine rings is 1. The third-order valence-corrected chi connectivity index (χ3v) is 5.55. The molecule has 8 heteroatoms. The maximum Gasteiger partial charge on any atom is 0.241 e. The van der Waals surface area contributed by atoms with E-state index in [9.17, 15) is 8.78 Å². The van der Waals surface area contributed by atoms with Gasteiger partial charge in [0.2, 0.25) is 11.7 Å². The molecule has 4 rings (SSSR count). The van der Waals surface area contributed by atoms with Crippen molar-refractivity contribution in [2.24, 2.45) is 0 Å². The molecule has 1 aromatic heterocycles. The number of aromatic nitrogens is 2. The van der Waals surface area contributed by atoms with Crippen LogP contribution in [-0.4, -0.2) is 53.2 Å². The lowest BCUT2D eigenvalue weighted by Gasteiger charge is -2.37. The number of halogens is 2. The van der Waals surface area contributed by atoms with Crippen molar-refractivity contribution in [1.82, 2.24) is 19.9 Å². The maximum atomic E-state index is 14.1. The Morgan fingerprint density at radius 2 is 1.70 bits per heavy atom. The number of ether oxygens (including phenoxy) is 1. The summed E-state index contributed by atoms with van der Waals surface area (Å²) in [6.07, 6.45) is 0. The summed E-state index contributed by atoms with van der Waals surface area (Å²) >= 11 is 0. The minimum atomic E-state index is -0.498. The SMILES string of the molecule is COc1ccc(-c2noc(CN3CCN(C(C)c4c(F)cccc4F)CC3)n2)cc1. The van der Waals surface area contributed by atoms with E-state index in [-0.39, 0.29) is 11.6 Å². The van der Waals surface area contributed by atoms with Crippen LogP contribution >= 0.6 is 0 Å². The third kappa shape index (κ3) is 4.34. The van der Waals surface area contributed by atoms with E-state index >= 15 is 0 Å². The zero-order chi connectivity index (χ0) is 21.1. The molecular formula is C22H24F2N4O2. The highest BCUT2D eigenvalue weighted by molar-refractivity contribution is 5.55. The molecule has 1 saturated heterocycles. The fourth-order valence-corrected chi connectivity index (χ4v) is 3.77. The number of hydrogen-bond donors (Lipinski definition) is 0. The van der Waals surface area contributed by atoms with Crippen LogP contribution < -0.4 is 4.74 Å². The molecule has 0 spiro atoms. The van der Waals surface area contributed by atoms with E-state index in [1.165, 1.54) is 18.2 Å². The van der Waals surface area contributed by atoms with Crippen LogP contribution in [0.2, 0.25) is 0 Å². The van der Waals surface area contributed by atoms with Crippen molar-refractivity contribution < 1.29 is 18.0 Å². The van der Waals surface area contributed by atoms with Crippen molar-refractivity contribution in [2.75, 3.05) is 33.3 Å². The Bertz CT molecular complexity index is 965. The van der Waals surface area contributed by atoms with E-state index in [0.717, 1.165) is 24.4 Å². The van der Waals surface area contributed by atoms with Crippen LogP contribution in [0.25, 0.3) is 11.4 Å². The maximum absolute atomic E-state index is 14.1. The summed E-state index contributed by atoms with van der Waals surface area (Å²) in [6, 6.07) is 11.2. The summed E-state index contributed by atoms with van der Waals surface area (Å²) in [4.78, 5) is 8.77. The Morgan fingerprint density at radius 3 is 2.33 bits per heavy atom. The topological polar surface area (TPSA) is 54.6 Å². The zero-order valence-electron chi connectivity index (χ0n) is 17.0. The minimum Gasteiger partial charge on any atom is -0.497 e. The minimum absolute atomic E-state index is 0.131. The van der Waals surface area contributed by atoms with Crippen molar-refractivity contribution in [2.45, 2.75) is 19.5 Å². The van der Waals surface area contributed by atoms with Crippen molar-refractivity contribution in [3.05, 3.63) is 65.6 Å². The first-order valence-corrected chi connectivity index (χ1v) is 9.92. The van der Waals surface area contributed by atoms with Gasteiger partial charge in [0.15, 0.2) is 0 Å². The number of hydrogen-bond acceptors (Lipinski definition) is 6. The molecule has 6 nitrogen and oxygen atoms in total. The molecule has 0 saturated carbocycles. The normalized spacial score (nSPS) is 16.5. The lowest BCUT2D eigenvalue weighted by atomic mass is 10.0. The van der Waals surface area contributed by atoms with Gasteiger partial charge in [0.1, 0.15) is 17.4 Å². The van der Waals surface area contributed by atoms with Crippen LogP contribution in [0, 0.1) is 11.6 Å². The van der Waals surface area contributed by atoms with Crippen LogP contribution in [0.4, 0.5) is 8.78 Å². The molecule has 3 aromatic rings.